The molecule has 0 aromatic carbocycles. The molecule has 4 nitrogen and oxygen atoms in total. The highest BCUT2D eigenvalue weighted by Gasteiger charge is 2.09. The van der Waals surface area contributed by atoms with Gasteiger partial charge in [-0.3, -0.25) is 4.98 Å². The number of ether oxygens (including phenoxy) is 1. The van der Waals surface area contributed by atoms with Gasteiger partial charge >= 0.3 is 0 Å². The maximum absolute atomic E-state index is 11.4. The summed E-state index contributed by atoms with van der Waals surface area (Å²) in [5.74, 6) is 0.835. The van der Waals surface area contributed by atoms with E-state index in [0.717, 1.165) is 4.47 Å². The molecule has 90 valence electrons. The van der Waals surface area contributed by atoms with Gasteiger partial charge in [0.25, 0.3) is 0 Å². The number of aromatic nitrogens is 1. The highest BCUT2D eigenvalue weighted by atomic mass is 79.9. The SMILES string of the molecule is CCCS(=O)(=O)CCOc1cncc(Br)c1. The van der Waals surface area contributed by atoms with Crippen molar-refractivity contribution in [3.8, 4) is 5.75 Å². The van der Waals surface area contributed by atoms with E-state index in [4.69, 9.17) is 4.74 Å². The van der Waals surface area contributed by atoms with E-state index in [0.29, 0.717) is 12.2 Å². The van der Waals surface area contributed by atoms with Crippen LogP contribution >= 0.6 is 15.9 Å². The van der Waals surface area contributed by atoms with Gasteiger partial charge in [0, 0.05) is 10.7 Å². The Morgan fingerprint density at radius 3 is 2.75 bits per heavy atom. The number of rotatable bonds is 6. The quantitative estimate of drug-likeness (QED) is 0.807. The van der Waals surface area contributed by atoms with Gasteiger partial charge in [0.15, 0.2) is 9.84 Å². The van der Waals surface area contributed by atoms with Crippen LogP contribution in [0.2, 0.25) is 0 Å². The average molecular weight is 308 g/mol. The molecule has 1 aromatic heterocycles. The van der Waals surface area contributed by atoms with E-state index in [-0.39, 0.29) is 18.1 Å². The van der Waals surface area contributed by atoms with Crippen LogP contribution in [0.1, 0.15) is 13.3 Å². The van der Waals surface area contributed by atoms with Gasteiger partial charge in [0.1, 0.15) is 12.4 Å². The van der Waals surface area contributed by atoms with Crippen LogP contribution in [0.3, 0.4) is 0 Å². The summed E-state index contributed by atoms with van der Waals surface area (Å²) in [6.07, 6.45) is 3.83. The molecular weight excluding hydrogens is 294 g/mol. The minimum Gasteiger partial charge on any atom is -0.491 e. The lowest BCUT2D eigenvalue weighted by Crippen LogP contribution is -2.16. The van der Waals surface area contributed by atoms with Gasteiger partial charge < -0.3 is 4.74 Å². The summed E-state index contributed by atoms with van der Waals surface area (Å²) >= 11 is 3.26. The second-order valence-electron chi connectivity index (χ2n) is 3.34. The van der Waals surface area contributed by atoms with Gasteiger partial charge in [-0.1, -0.05) is 6.92 Å². The molecule has 1 aromatic rings. The molecule has 0 atom stereocenters. The maximum Gasteiger partial charge on any atom is 0.153 e. The third-order valence-corrected chi connectivity index (χ3v) is 4.11. The first-order valence-corrected chi connectivity index (χ1v) is 7.59. The molecule has 0 saturated carbocycles. The average Bonchev–Trinajstić information content (AvgIpc) is 2.17. The van der Waals surface area contributed by atoms with Gasteiger partial charge in [-0.2, -0.15) is 0 Å². The van der Waals surface area contributed by atoms with Crippen LogP contribution in [-0.2, 0) is 9.84 Å². The van der Waals surface area contributed by atoms with Crippen molar-refractivity contribution in [2.45, 2.75) is 13.3 Å². The molecule has 0 aliphatic heterocycles. The Labute approximate surface area is 104 Å². The number of nitrogens with zero attached hydrogens (tertiary/aromatic N) is 1. The summed E-state index contributed by atoms with van der Waals surface area (Å²) in [7, 11) is -2.97. The van der Waals surface area contributed by atoms with E-state index in [1.165, 1.54) is 0 Å². The van der Waals surface area contributed by atoms with Gasteiger partial charge in [-0.25, -0.2) is 8.42 Å². The van der Waals surface area contributed by atoms with Crippen LogP contribution in [0.25, 0.3) is 0 Å². The molecule has 0 spiro atoms. The first kappa shape index (κ1) is 13.4. The summed E-state index contributed by atoms with van der Waals surface area (Å²) in [5.41, 5.74) is 0. The molecule has 6 heteroatoms. The van der Waals surface area contributed by atoms with Crippen LogP contribution in [0.4, 0.5) is 0 Å². The van der Waals surface area contributed by atoms with E-state index in [2.05, 4.69) is 20.9 Å². The molecule has 0 fully saturated rings. The monoisotopic (exact) mass is 307 g/mol. The number of hydrogen-bond donors (Lipinski definition) is 0. The van der Waals surface area contributed by atoms with Crippen molar-refractivity contribution in [1.82, 2.24) is 4.98 Å². The smallest absolute Gasteiger partial charge is 0.153 e. The largest absolute Gasteiger partial charge is 0.491 e. The summed E-state index contributed by atoms with van der Waals surface area (Å²) in [5, 5.41) is 0. The van der Waals surface area contributed by atoms with Gasteiger partial charge in [0.2, 0.25) is 0 Å². The standard InChI is InChI=1S/C10H14BrNO3S/c1-2-4-16(13,14)5-3-15-10-6-9(11)7-12-8-10/h6-8H,2-5H2,1H3. The van der Waals surface area contributed by atoms with Gasteiger partial charge in [0.05, 0.1) is 17.7 Å². The van der Waals surface area contributed by atoms with E-state index < -0.39 is 9.84 Å². The van der Waals surface area contributed by atoms with E-state index in [1.54, 1.807) is 18.5 Å². The highest BCUT2D eigenvalue weighted by Crippen LogP contribution is 2.15. The Bertz CT molecular complexity index is 433. The fourth-order valence-electron chi connectivity index (χ4n) is 1.17. The first-order chi connectivity index (χ1) is 7.53. The van der Waals surface area contributed by atoms with Crippen molar-refractivity contribution >= 4 is 25.8 Å². The van der Waals surface area contributed by atoms with Crippen molar-refractivity contribution in [3.63, 3.8) is 0 Å². The van der Waals surface area contributed by atoms with Crippen molar-refractivity contribution in [2.24, 2.45) is 0 Å². The van der Waals surface area contributed by atoms with Crippen molar-refractivity contribution in [3.05, 3.63) is 22.9 Å². The lowest BCUT2D eigenvalue weighted by Gasteiger charge is -2.06. The fourth-order valence-corrected chi connectivity index (χ4v) is 2.68. The normalized spacial score (nSPS) is 11.4. The molecule has 0 N–H and O–H groups in total. The minimum absolute atomic E-state index is 0.0490. The summed E-state index contributed by atoms with van der Waals surface area (Å²) in [6.45, 7) is 2.01. The third-order valence-electron chi connectivity index (χ3n) is 1.86. The molecule has 0 saturated heterocycles. The zero-order chi connectivity index (χ0) is 12.0. The number of halogens is 1. The zero-order valence-electron chi connectivity index (χ0n) is 9.02. The predicted molar refractivity (Wildman–Crippen MR) is 66.4 cm³/mol. The van der Waals surface area contributed by atoms with Crippen molar-refractivity contribution < 1.29 is 13.2 Å². The first-order valence-electron chi connectivity index (χ1n) is 4.97. The predicted octanol–water partition coefficient (Wildman–Crippen LogP) is 2.05. The number of hydrogen-bond acceptors (Lipinski definition) is 4. The molecule has 16 heavy (non-hydrogen) atoms. The Hall–Kier alpha value is -0.620. The molecule has 1 heterocycles. The van der Waals surface area contributed by atoms with E-state index in [9.17, 15) is 8.42 Å². The summed E-state index contributed by atoms with van der Waals surface area (Å²) in [6, 6.07) is 1.75. The van der Waals surface area contributed by atoms with Crippen LogP contribution in [0.5, 0.6) is 5.75 Å². The Morgan fingerprint density at radius 2 is 2.12 bits per heavy atom. The van der Waals surface area contributed by atoms with Gasteiger partial charge in [-0.15, -0.1) is 0 Å². The summed E-state index contributed by atoms with van der Waals surface area (Å²) < 4.78 is 28.9. The molecule has 1 rings (SSSR count). The molecule has 0 aliphatic carbocycles. The van der Waals surface area contributed by atoms with Crippen molar-refractivity contribution in [1.29, 1.82) is 0 Å². The molecule has 0 aliphatic rings. The number of sulfone groups is 1. The van der Waals surface area contributed by atoms with Crippen molar-refractivity contribution in [2.75, 3.05) is 18.1 Å². The summed E-state index contributed by atoms with van der Waals surface area (Å²) in [4.78, 5) is 3.91. The molecule has 0 radical (unpaired) electrons. The van der Waals surface area contributed by atoms with Crippen LogP contribution in [0, 0.1) is 0 Å². The molecule has 0 unspecified atom stereocenters. The molecule has 0 amide bonds. The number of pyridine rings is 1. The Balaban J connectivity index is 2.42. The Kier molecular flexibility index (Phi) is 5.21. The van der Waals surface area contributed by atoms with E-state index in [1.807, 2.05) is 6.92 Å². The topological polar surface area (TPSA) is 56.3 Å². The third kappa shape index (κ3) is 4.94. The minimum atomic E-state index is -2.97. The molecular formula is C10H14BrNO3S. The van der Waals surface area contributed by atoms with E-state index >= 15 is 0 Å². The van der Waals surface area contributed by atoms with Crippen LogP contribution < -0.4 is 4.74 Å². The fraction of sp³-hybridized carbons (Fsp3) is 0.500. The van der Waals surface area contributed by atoms with Gasteiger partial charge in [-0.05, 0) is 28.4 Å². The maximum atomic E-state index is 11.4. The molecule has 0 bridgehead atoms. The zero-order valence-corrected chi connectivity index (χ0v) is 11.4. The second kappa shape index (κ2) is 6.20. The highest BCUT2D eigenvalue weighted by molar-refractivity contribution is 9.10. The second-order valence-corrected chi connectivity index (χ2v) is 6.56. The Morgan fingerprint density at radius 1 is 1.38 bits per heavy atom. The van der Waals surface area contributed by atoms with Crippen LogP contribution in [0.15, 0.2) is 22.9 Å². The lowest BCUT2D eigenvalue weighted by molar-refractivity contribution is 0.339. The van der Waals surface area contributed by atoms with Crippen LogP contribution in [-0.4, -0.2) is 31.5 Å². The lowest BCUT2D eigenvalue weighted by atomic mass is 10.5.